The molecule has 3 rings (SSSR count). The molecule has 0 aliphatic carbocycles. The van der Waals surface area contributed by atoms with Gasteiger partial charge in [0, 0.05) is 18.0 Å². The van der Waals surface area contributed by atoms with E-state index in [4.69, 9.17) is 0 Å². The van der Waals surface area contributed by atoms with E-state index in [0.717, 1.165) is 23.6 Å². The van der Waals surface area contributed by atoms with E-state index in [2.05, 4.69) is 20.1 Å². The largest absolute Gasteiger partial charge is 0.320 e. The van der Waals surface area contributed by atoms with Gasteiger partial charge in [-0.15, -0.1) is 0 Å². The average Bonchev–Trinajstić information content (AvgIpc) is 3.05. The van der Waals surface area contributed by atoms with Gasteiger partial charge in [0.25, 0.3) is 5.91 Å². The highest BCUT2D eigenvalue weighted by Crippen LogP contribution is 2.21. The van der Waals surface area contributed by atoms with Gasteiger partial charge < -0.3 is 5.32 Å². The average molecular weight is 405 g/mol. The summed E-state index contributed by atoms with van der Waals surface area (Å²) in [5.41, 5.74) is 0.634. The van der Waals surface area contributed by atoms with Crippen molar-refractivity contribution in [3.05, 3.63) is 48.0 Å². The Balaban J connectivity index is 1.90. The summed E-state index contributed by atoms with van der Waals surface area (Å²) in [6.45, 7) is 5.75. The van der Waals surface area contributed by atoms with Gasteiger partial charge in [-0.3, -0.25) is 4.79 Å². The first kappa shape index (κ1) is 19.9. The third-order valence-electron chi connectivity index (χ3n) is 4.01. The van der Waals surface area contributed by atoms with Gasteiger partial charge in [0.2, 0.25) is 10.0 Å². The minimum Gasteiger partial charge on any atom is -0.320 e. The van der Waals surface area contributed by atoms with E-state index in [0.29, 0.717) is 11.3 Å². The van der Waals surface area contributed by atoms with Crippen LogP contribution >= 0.6 is 0 Å². The third-order valence-corrected chi connectivity index (χ3v) is 5.55. The van der Waals surface area contributed by atoms with Gasteiger partial charge in [-0.05, 0) is 38.1 Å². The number of nitrogens with zero attached hydrogens (tertiary/aromatic N) is 3. The predicted octanol–water partition coefficient (Wildman–Crippen LogP) is 2.70. The van der Waals surface area contributed by atoms with E-state index < -0.39 is 21.7 Å². The lowest BCUT2D eigenvalue weighted by molar-refractivity contribution is 0.102. The number of halogens is 1. The monoisotopic (exact) mass is 405 g/mol. The number of aromatic nitrogens is 3. The summed E-state index contributed by atoms with van der Waals surface area (Å²) in [7, 11) is -3.81. The standard InChI is InChI=1S/C18H20FN5O3S/c1-4-22-28(26,27)14-5-6-16(19)15(8-14)18(25)23-13-7-12-9-21-24(11(2)3)17(12)20-10-13/h5-11,22H,4H2,1-3H3,(H,23,25). The second-order valence-electron chi connectivity index (χ2n) is 6.42. The quantitative estimate of drug-likeness (QED) is 0.656. The zero-order chi connectivity index (χ0) is 20.5. The minimum atomic E-state index is -3.81. The van der Waals surface area contributed by atoms with Gasteiger partial charge in [-0.1, -0.05) is 6.92 Å². The first-order valence-electron chi connectivity index (χ1n) is 8.66. The summed E-state index contributed by atoms with van der Waals surface area (Å²) >= 11 is 0. The maximum atomic E-state index is 14.1. The first-order valence-corrected chi connectivity index (χ1v) is 10.1. The van der Waals surface area contributed by atoms with E-state index in [9.17, 15) is 17.6 Å². The molecule has 28 heavy (non-hydrogen) atoms. The van der Waals surface area contributed by atoms with E-state index in [1.54, 1.807) is 23.9 Å². The van der Waals surface area contributed by atoms with Crippen molar-refractivity contribution >= 4 is 32.7 Å². The van der Waals surface area contributed by atoms with E-state index in [-0.39, 0.29) is 23.0 Å². The molecule has 2 heterocycles. The number of hydrogen-bond donors (Lipinski definition) is 2. The minimum absolute atomic E-state index is 0.126. The van der Waals surface area contributed by atoms with Gasteiger partial charge in [0.05, 0.1) is 28.5 Å². The van der Waals surface area contributed by atoms with Crippen LogP contribution in [0.1, 0.15) is 37.2 Å². The van der Waals surface area contributed by atoms with Crippen molar-refractivity contribution < 1.29 is 17.6 Å². The maximum absolute atomic E-state index is 14.1. The van der Waals surface area contributed by atoms with Crippen LogP contribution in [0.25, 0.3) is 11.0 Å². The van der Waals surface area contributed by atoms with Crippen molar-refractivity contribution in [1.82, 2.24) is 19.5 Å². The molecule has 0 atom stereocenters. The number of benzene rings is 1. The number of nitrogens with one attached hydrogen (secondary N) is 2. The number of anilines is 1. The molecule has 0 radical (unpaired) electrons. The Morgan fingerprint density at radius 2 is 2.00 bits per heavy atom. The second kappa shape index (κ2) is 7.64. The molecule has 1 amide bonds. The Morgan fingerprint density at radius 3 is 2.68 bits per heavy atom. The molecule has 0 spiro atoms. The Morgan fingerprint density at radius 1 is 1.25 bits per heavy atom. The highest BCUT2D eigenvalue weighted by atomic mass is 32.2. The SMILES string of the molecule is CCNS(=O)(=O)c1ccc(F)c(C(=O)Nc2cnc3c(cnn3C(C)C)c2)c1. The molecular formula is C18H20FN5O3S. The summed E-state index contributed by atoms with van der Waals surface area (Å²) < 4.78 is 42.4. The fourth-order valence-electron chi connectivity index (χ4n) is 2.70. The number of pyridine rings is 1. The molecule has 0 saturated heterocycles. The molecule has 0 aliphatic heterocycles. The summed E-state index contributed by atoms with van der Waals surface area (Å²) in [5.74, 6) is -1.60. The number of sulfonamides is 1. The molecule has 8 nitrogen and oxygen atoms in total. The van der Waals surface area contributed by atoms with Crippen LogP contribution in [-0.4, -0.2) is 35.6 Å². The smallest absolute Gasteiger partial charge is 0.258 e. The van der Waals surface area contributed by atoms with Crippen LogP contribution in [0.3, 0.4) is 0 Å². The van der Waals surface area contributed by atoms with Crippen molar-refractivity contribution in [2.75, 3.05) is 11.9 Å². The summed E-state index contributed by atoms with van der Waals surface area (Å²) in [6, 6.07) is 4.86. The zero-order valence-corrected chi connectivity index (χ0v) is 16.4. The van der Waals surface area contributed by atoms with E-state index >= 15 is 0 Å². The van der Waals surface area contributed by atoms with Crippen LogP contribution in [0.4, 0.5) is 10.1 Å². The number of carbonyl (C=O) groups excluding carboxylic acids is 1. The molecule has 0 saturated carbocycles. The highest BCUT2D eigenvalue weighted by molar-refractivity contribution is 7.89. The van der Waals surface area contributed by atoms with Crippen LogP contribution in [0.2, 0.25) is 0 Å². The Labute approximate surface area is 161 Å². The lowest BCUT2D eigenvalue weighted by atomic mass is 10.2. The Kier molecular flexibility index (Phi) is 5.43. The van der Waals surface area contributed by atoms with Gasteiger partial charge in [0.1, 0.15) is 5.82 Å². The summed E-state index contributed by atoms with van der Waals surface area (Å²) in [5, 5.41) is 7.52. The van der Waals surface area contributed by atoms with Crippen molar-refractivity contribution in [3.8, 4) is 0 Å². The molecule has 3 aromatic rings. The van der Waals surface area contributed by atoms with Crippen LogP contribution in [0.5, 0.6) is 0 Å². The van der Waals surface area contributed by atoms with Crippen molar-refractivity contribution in [2.45, 2.75) is 31.7 Å². The fraction of sp³-hybridized carbons (Fsp3) is 0.278. The number of rotatable bonds is 6. The molecule has 10 heteroatoms. The molecule has 0 bridgehead atoms. The number of fused-ring (bicyclic) bond motifs is 1. The Hall–Kier alpha value is -2.85. The molecule has 0 aliphatic rings. The predicted molar refractivity (Wildman–Crippen MR) is 103 cm³/mol. The van der Waals surface area contributed by atoms with Gasteiger partial charge in [0.15, 0.2) is 5.65 Å². The zero-order valence-electron chi connectivity index (χ0n) is 15.6. The van der Waals surface area contributed by atoms with Gasteiger partial charge in [-0.2, -0.15) is 5.10 Å². The van der Waals surface area contributed by atoms with Crippen LogP contribution in [0, 0.1) is 5.82 Å². The number of amides is 1. The molecule has 148 valence electrons. The topological polar surface area (TPSA) is 106 Å². The molecule has 0 unspecified atom stereocenters. The second-order valence-corrected chi connectivity index (χ2v) is 8.18. The number of carbonyl (C=O) groups is 1. The van der Waals surface area contributed by atoms with Crippen LogP contribution in [-0.2, 0) is 10.0 Å². The van der Waals surface area contributed by atoms with E-state index in [1.807, 2.05) is 13.8 Å². The number of hydrogen-bond acceptors (Lipinski definition) is 5. The van der Waals surface area contributed by atoms with Crippen molar-refractivity contribution in [3.63, 3.8) is 0 Å². The van der Waals surface area contributed by atoms with Crippen molar-refractivity contribution in [2.24, 2.45) is 0 Å². The fourth-order valence-corrected chi connectivity index (χ4v) is 3.77. The molecule has 1 aromatic carbocycles. The first-order chi connectivity index (χ1) is 13.2. The van der Waals surface area contributed by atoms with E-state index in [1.165, 1.54) is 6.20 Å². The molecular weight excluding hydrogens is 385 g/mol. The Bertz CT molecular complexity index is 1140. The summed E-state index contributed by atoms with van der Waals surface area (Å²) in [4.78, 5) is 16.6. The summed E-state index contributed by atoms with van der Waals surface area (Å²) in [6.07, 6.45) is 3.07. The maximum Gasteiger partial charge on any atom is 0.258 e. The lowest BCUT2D eigenvalue weighted by Gasteiger charge is -2.10. The third kappa shape index (κ3) is 3.87. The van der Waals surface area contributed by atoms with Crippen LogP contribution < -0.4 is 10.0 Å². The molecule has 2 N–H and O–H groups in total. The van der Waals surface area contributed by atoms with Crippen molar-refractivity contribution in [1.29, 1.82) is 0 Å². The highest BCUT2D eigenvalue weighted by Gasteiger charge is 2.19. The normalized spacial score (nSPS) is 11.9. The molecule has 2 aromatic heterocycles. The van der Waals surface area contributed by atoms with Gasteiger partial charge in [-0.25, -0.2) is 27.2 Å². The van der Waals surface area contributed by atoms with Gasteiger partial charge >= 0.3 is 0 Å². The molecule has 0 fully saturated rings. The van der Waals surface area contributed by atoms with Crippen LogP contribution in [0.15, 0.2) is 41.6 Å². The lowest BCUT2D eigenvalue weighted by Crippen LogP contribution is -2.24.